The molecule has 1 heterocycles. The van der Waals surface area contributed by atoms with Crippen LogP contribution in [0.4, 0.5) is 0 Å². The van der Waals surface area contributed by atoms with Gasteiger partial charge < -0.3 is 10.1 Å². The summed E-state index contributed by atoms with van der Waals surface area (Å²) < 4.78 is 5.97. The summed E-state index contributed by atoms with van der Waals surface area (Å²) in [5.74, 6) is 3.19. The Morgan fingerprint density at radius 1 is 1.05 bits per heavy atom. The van der Waals surface area contributed by atoms with Gasteiger partial charge in [-0.2, -0.15) is 0 Å². The predicted octanol–water partition coefficient (Wildman–Crippen LogP) is 3.75. The first-order chi connectivity index (χ1) is 9.63. The molecule has 4 bridgehead atoms. The Kier molecular flexibility index (Phi) is 3.38. The second kappa shape index (κ2) is 4.98. The van der Waals surface area contributed by atoms with Crippen molar-refractivity contribution in [2.45, 2.75) is 83.5 Å². The van der Waals surface area contributed by atoms with Crippen LogP contribution in [-0.2, 0) is 4.74 Å². The maximum Gasteiger partial charge on any atom is 0.0704 e. The van der Waals surface area contributed by atoms with Crippen molar-refractivity contribution in [3.05, 3.63) is 0 Å². The molecule has 2 heteroatoms. The SMILES string of the molecule is CC1CCC(CNC(C)C23CC4CC(CC(C4)C2)C3)O1. The van der Waals surface area contributed by atoms with E-state index in [1.165, 1.54) is 32.1 Å². The van der Waals surface area contributed by atoms with E-state index in [-0.39, 0.29) is 0 Å². The average Bonchev–Trinajstić information content (AvgIpc) is 2.80. The molecule has 1 N–H and O–H groups in total. The van der Waals surface area contributed by atoms with E-state index < -0.39 is 0 Å². The maximum absolute atomic E-state index is 5.97. The van der Waals surface area contributed by atoms with Gasteiger partial charge in [-0.15, -0.1) is 0 Å². The summed E-state index contributed by atoms with van der Waals surface area (Å²) in [5.41, 5.74) is 0.638. The lowest BCUT2D eigenvalue weighted by Gasteiger charge is -2.59. The number of rotatable bonds is 4. The van der Waals surface area contributed by atoms with E-state index in [0.717, 1.165) is 24.3 Å². The lowest BCUT2D eigenvalue weighted by Crippen LogP contribution is -2.55. The van der Waals surface area contributed by atoms with Crippen molar-refractivity contribution in [1.82, 2.24) is 5.32 Å². The van der Waals surface area contributed by atoms with Crippen molar-refractivity contribution in [1.29, 1.82) is 0 Å². The molecule has 3 unspecified atom stereocenters. The van der Waals surface area contributed by atoms with Gasteiger partial charge in [0.15, 0.2) is 0 Å². The molecular formula is C18H31NO. The van der Waals surface area contributed by atoms with Gasteiger partial charge in [0.25, 0.3) is 0 Å². The van der Waals surface area contributed by atoms with Crippen molar-refractivity contribution < 1.29 is 4.74 Å². The molecule has 0 aromatic rings. The number of hydrogen-bond acceptors (Lipinski definition) is 2. The molecule has 4 saturated carbocycles. The van der Waals surface area contributed by atoms with Crippen LogP contribution < -0.4 is 5.32 Å². The topological polar surface area (TPSA) is 21.3 Å². The molecule has 5 rings (SSSR count). The third-order valence-electron chi connectivity index (χ3n) is 6.98. The first-order valence-electron chi connectivity index (χ1n) is 9.02. The standard InChI is InChI=1S/C18H31NO/c1-12-3-4-17(20-12)11-19-13(2)18-8-14-5-15(9-18)7-16(6-14)10-18/h12-17,19H,3-11H2,1-2H3. The highest BCUT2D eigenvalue weighted by atomic mass is 16.5. The van der Waals surface area contributed by atoms with E-state index >= 15 is 0 Å². The zero-order valence-electron chi connectivity index (χ0n) is 13.2. The fourth-order valence-electron chi connectivity index (χ4n) is 6.27. The molecule has 5 aliphatic rings. The normalized spacial score (nSPS) is 51.6. The van der Waals surface area contributed by atoms with Crippen LogP contribution in [0.3, 0.4) is 0 Å². The van der Waals surface area contributed by atoms with E-state index in [1.54, 1.807) is 19.3 Å². The summed E-state index contributed by atoms with van der Waals surface area (Å²) in [5, 5.41) is 3.88. The van der Waals surface area contributed by atoms with Gasteiger partial charge in [-0.05, 0) is 88.4 Å². The van der Waals surface area contributed by atoms with E-state index in [1.807, 2.05) is 0 Å². The third kappa shape index (κ3) is 2.33. The Labute approximate surface area is 124 Å². The molecular weight excluding hydrogens is 246 g/mol. The number of nitrogens with one attached hydrogen (secondary N) is 1. The molecule has 0 spiro atoms. The van der Waals surface area contributed by atoms with Gasteiger partial charge in [-0.1, -0.05) is 0 Å². The summed E-state index contributed by atoms with van der Waals surface area (Å²) in [6.07, 6.45) is 12.6. The molecule has 1 aliphatic heterocycles. The van der Waals surface area contributed by atoms with Gasteiger partial charge in [-0.3, -0.25) is 0 Å². The molecule has 0 aromatic carbocycles. The monoisotopic (exact) mass is 277 g/mol. The molecule has 2 nitrogen and oxygen atoms in total. The minimum atomic E-state index is 0.473. The summed E-state index contributed by atoms with van der Waals surface area (Å²) in [4.78, 5) is 0. The Balaban J connectivity index is 1.37. The maximum atomic E-state index is 5.97. The highest BCUT2D eigenvalue weighted by molar-refractivity contribution is 5.05. The summed E-state index contributed by atoms with van der Waals surface area (Å²) >= 11 is 0. The van der Waals surface area contributed by atoms with Crippen molar-refractivity contribution in [2.24, 2.45) is 23.2 Å². The molecule has 0 radical (unpaired) electrons. The van der Waals surface area contributed by atoms with Crippen LogP contribution in [0.1, 0.15) is 65.2 Å². The average molecular weight is 277 g/mol. The molecule has 3 atom stereocenters. The lowest BCUT2D eigenvalue weighted by atomic mass is 9.48. The molecule has 114 valence electrons. The molecule has 5 fully saturated rings. The first-order valence-corrected chi connectivity index (χ1v) is 9.02. The van der Waals surface area contributed by atoms with Crippen LogP contribution >= 0.6 is 0 Å². The summed E-state index contributed by atoms with van der Waals surface area (Å²) in [6.45, 7) is 5.75. The van der Waals surface area contributed by atoms with Crippen molar-refractivity contribution in [3.63, 3.8) is 0 Å². The number of ether oxygens (including phenoxy) is 1. The highest BCUT2D eigenvalue weighted by Gasteiger charge is 2.53. The first kappa shape index (κ1) is 13.6. The number of hydrogen-bond donors (Lipinski definition) is 1. The Hall–Kier alpha value is -0.0800. The largest absolute Gasteiger partial charge is 0.374 e. The smallest absolute Gasteiger partial charge is 0.0704 e. The quantitative estimate of drug-likeness (QED) is 0.845. The van der Waals surface area contributed by atoms with Crippen LogP contribution in [0.25, 0.3) is 0 Å². The van der Waals surface area contributed by atoms with Crippen LogP contribution in [-0.4, -0.2) is 24.8 Å². The third-order valence-corrected chi connectivity index (χ3v) is 6.98. The predicted molar refractivity (Wildman–Crippen MR) is 81.6 cm³/mol. The molecule has 4 aliphatic carbocycles. The van der Waals surface area contributed by atoms with Gasteiger partial charge in [-0.25, -0.2) is 0 Å². The van der Waals surface area contributed by atoms with Crippen LogP contribution in [0, 0.1) is 23.2 Å². The van der Waals surface area contributed by atoms with Gasteiger partial charge >= 0.3 is 0 Å². The summed E-state index contributed by atoms with van der Waals surface area (Å²) in [6, 6.07) is 0.690. The van der Waals surface area contributed by atoms with Crippen LogP contribution in [0.2, 0.25) is 0 Å². The zero-order chi connectivity index (χ0) is 13.7. The van der Waals surface area contributed by atoms with Gasteiger partial charge in [0, 0.05) is 12.6 Å². The van der Waals surface area contributed by atoms with Crippen LogP contribution in [0.5, 0.6) is 0 Å². The Morgan fingerprint density at radius 2 is 1.65 bits per heavy atom. The Bertz CT molecular complexity index is 331. The van der Waals surface area contributed by atoms with Gasteiger partial charge in [0.1, 0.15) is 0 Å². The van der Waals surface area contributed by atoms with Crippen molar-refractivity contribution >= 4 is 0 Å². The zero-order valence-corrected chi connectivity index (χ0v) is 13.2. The minimum Gasteiger partial charge on any atom is -0.374 e. The van der Waals surface area contributed by atoms with E-state index in [4.69, 9.17) is 4.74 Å². The van der Waals surface area contributed by atoms with Crippen molar-refractivity contribution in [3.8, 4) is 0 Å². The fourth-order valence-corrected chi connectivity index (χ4v) is 6.27. The lowest BCUT2D eigenvalue weighted by molar-refractivity contribution is -0.0722. The van der Waals surface area contributed by atoms with Gasteiger partial charge in [0.2, 0.25) is 0 Å². The molecule has 20 heavy (non-hydrogen) atoms. The summed E-state index contributed by atoms with van der Waals surface area (Å²) in [7, 11) is 0. The molecule has 0 amide bonds. The second-order valence-electron chi connectivity index (χ2n) is 8.56. The fraction of sp³-hybridized carbons (Fsp3) is 1.00. The molecule has 1 saturated heterocycles. The minimum absolute atomic E-state index is 0.473. The van der Waals surface area contributed by atoms with E-state index in [2.05, 4.69) is 19.2 Å². The molecule has 0 aromatic heterocycles. The Morgan fingerprint density at radius 3 is 2.15 bits per heavy atom. The van der Waals surface area contributed by atoms with Crippen molar-refractivity contribution in [2.75, 3.05) is 6.54 Å². The van der Waals surface area contributed by atoms with E-state index in [9.17, 15) is 0 Å². The second-order valence-corrected chi connectivity index (χ2v) is 8.56. The van der Waals surface area contributed by atoms with Crippen LogP contribution in [0.15, 0.2) is 0 Å². The van der Waals surface area contributed by atoms with E-state index in [0.29, 0.717) is 23.7 Å². The highest BCUT2D eigenvalue weighted by Crippen LogP contribution is 2.61. The van der Waals surface area contributed by atoms with Gasteiger partial charge in [0.05, 0.1) is 12.2 Å².